The Labute approximate surface area is 108 Å². The van der Waals surface area contributed by atoms with Crippen LogP contribution in [0.4, 0.5) is 0 Å². The second-order valence-corrected chi connectivity index (χ2v) is 4.34. The van der Waals surface area contributed by atoms with E-state index in [1.165, 1.54) is 25.1 Å². The number of carboxylic acids is 1. The number of aliphatic hydroxyl groups is 1. The third kappa shape index (κ3) is 3.19. The Kier molecular flexibility index (Phi) is 4.51. The van der Waals surface area contributed by atoms with Gasteiger partial charge in [-0.25, -0.2) is 4.79 Å². The van der Waals surface area contributed by atoms with Crippen molar-refractivity contribution >= 4 is 35.0 Å². The second-order valence-electron chi connectivity index (χ2n) is 3.49. The standard InChI is InChI=1S/C11H10Cl2O4/c1-5(14)9(13)6-2-3-7(8(12)4-6)10(15)11(16)17/h2-4,9-10,15H,1H3,(H,16,17). The fourth-order valence-corrected chi connectivity index (χ4v) is 1.72. The highest BCUT2D eigenvalue weighted by Gasteiger charge is 2.21. The van der Waals surface area contributed by atoms with Gasteiger partial charge in [0.25, 0.3) is 0 Å². The van der Waals surface area contributed by atoms with Crippen LogP contribution in [-0.2, 0) is 9.59 Å². The first kappa shape index (κ1) is 14.0. The molecule has 2 atom stereocenters. The van der Waals surface area contributed by atoms with Crippen LogP contribution < -0.4 is 0 Å². The predicted octanol–water partition coefficient (Wildman–Crippen LogP) is 2.33. The molecule has 1 aromatic carbocycles. The van der Waals surface area contributed by atoms with E-state index in [1.54, 1.807) is 0 Å². The number of halogens is 2. The Morgan fingerprint density at radius 1 is 1.35 bits per heavy atom. The minimum atomic E-state index is -1.69. The summed E-state index contributed by atoms with van der Waals surface area (Å²) in [6.45, 7) is 1.34. The van der Waals surface area contributed by atoms with E-state index < -0.39 is 17.5 Å². The average molecular weight is 277 g/mol. The van der Waals surface area contributed by atoms with E-state index in [-0.39, 0.29) is 16.4 Å². The van der Waals surface area contributed by atoms with Crippen LogP contribution in [0.25, 0.3) is 0 Å². The maximum atomic E-state index is 11.1. The Morgan fingerprint density at radius 3 is 2.35 bits per heavy atom. The molecular formula is C11H10Cl2O4. The lowest BCUT2D eigenvalue weighted by atomic mass is 10.0. The van der Waals surface area contributed by atoms with Crippen molar-refractivity contribution in [2.24, 2.45) is 0 Å². The van der Waals surface area contributed by atoms with Gasteiger partial charge < -0.3 is 10.2 Å². The van der Waals surface area contributed by atoms with Crippen LogP contribution in [0.5, 0.6) is 0 Å². The molecule has 1 aromatic rings. The number of aliphatic hydroxyl groups excluding tert-OH is 1. The number of benzene rings is 1. The van der Waals surface area contributed by atoms with Gasteiger partial charge in [0.05, 0.1) is 0 Å². The molecule has 0 aliphatic carbocycles. The summed E-state index contributed by atoms with van der Waals surface area (Å²) < 4.78 is 0. The Hall–Kier alpha value is -1.10. The quantitative estimate of drug-likeness (QED) is 0.828. The zero-order chi connectivity index (χ0) is 13.2. The summed E-state index contributed by atoms with van der Waals surface area (Å²) in [6.07, 6.45) is -1.69. The highest BCUT2D eigenvalue weighted by molar-refractivity contribution is 6.33. The van der Waals surface area contributed by atoms with Crippen LogP contribution in [0.1, 0.15) is 29.5 Å². The van der Waals surface area contributed by atoms with Gasteiger partial charge in [-0.2, -0.15) is 0 Å². The molecule has 0 fully saturated rings. The second kappa shape index (κ2) is 5.49. The summed E-state index contributed by atoms with van der Waals surface area (Å²) in [5.41, 5.74) is 0.529. The summed E-state index contributed by atoms with van der Waals surface area (Å²) >= 11 is 11.6. The van der Waals surface area contributed by atoms with Crippen molar-refractivity contribution in [2.75, 3.05) is 0 Å². The molecule has 0 aliphatic rings. The van der Waals surface area contributed by atoms with E-state index >= 15 is 0 Å². The number of hydrogen-bond donors (Lipinski definition) is 2. The van der Waals surface area contributed by atoms with Crippen molar-refractivity contribution in [1.82, 2.24) is 0 Å². The molecule has 1 rings (SSSR count). The number of carbonyl (C=O) groups excluding carboxylic acids is 1. The fraction of sp³-hybridized carbons (Fsp3) is 0.273. The molecule has 0 aromatic heterocycles. The predicted molar refractivity (Wildman–Crippen MR) is 63.3 cm³/mol. The van der Waals surface area contributed by atoms with Gasteiger partial charge >= 0.3 is 5.97 Å². The molecule has 0 radical (unpaired) electrons. The molecule has 0 aliphatic heterocycles. The lowest BCUT2D eigenvalue weighted by Gasteiger charge is -2.11. The van der Waals surface area contributed by atoms with Gasteiger partial charge in [-0.3, -0.25) is 4.79 Å². The molecular weight excluding hydrogens is 267 g/mol. The zero-order valence-electron chi connectivity index (χ0n) is 8.85. The molecule has 6 heteroatoms. The van der Waals surface area contributed by atoms with Crippen molar-refractivity contribution in [3.63, 3.8) is 0 Å². The number of hydrogen-bond acceptors (Lipinski definition) is 3. The molecule has 92 valence electrons. The number of rotatable bonds is 4. The third-order valence-corrected chi connectivity index (χ3v) is 3.09. The van der Waals surface area contributed by atoms with Crippen LogP contribution in [-0.4, -0.2) is 22.0 Å². The number of alkyl halides is 1. The number of aliphatic carboxylic acids is 1. The van der Waals surface area contributed by atoms with Crippen LogP contribution in [0.2, 0.25) is 5.02 Å². The summed E-state index contributed by atoms with van der Waals surface area (Å²) in [5.74, 6) is -1.64. The van der Waals surface area contributed by atoms with Crippen LogP contribution in [0, 0.1) is 0 Å². The van der Waals surface area contributed by atoms with E-state index in [9.17, 15) is 14.7 Å². The molecule has 2 unspecified atom stereocenters. The number of Topliss-reactive ketones (excluding diaryl/α,β-unsaturated/α-hetero) is 1. The van der Waals surface area contributed by atoms with Gasteiger partial charge in [0, 0.05) is 10.6 Å². The van der Waals surface area contributed by atoms with Crippen molar-refractivity contribution < 1.29 is 19.8 Å². The number of ketones is 1. The largest absolute Gasteiger partial charge is 0.479 e. The highest BCUT2D eigenvalue weighted by atomic mass is 35.5. The molecule has 0 spiro atoms. The van der Waals surface area contributed by atoms with Crippen LogP contribution in [0.3, 0.4) is 0 Å². The van der Waals surface area contributed by atoms with Crippen molar-refractivity contribution in [3.8, 4) is 0 Å². The van der Waals surface area contributed by atoms with Crippen molar-refractivity contribution in [2.45, 2.75) is 18.4 Å². The Bertz CT molecular complexity index is 459. The SMILES string of the molecule is CC(=O)C(Cl)c1ccc(C(O)C(=O)O)c(Cl)c1. The van der Waals surface area contributed by atoms with Gasteiger partial charge in [-0.05, 0) is 18.6 Å². The first-order chi connectivity index (χ1) is 7.84. The lowest BCUT2D eigenvalue weighted by Crippen LogP contribution is -2.11. The van der Waals surface area contributed by atoms with Crippen LogP contribution >= 0.6 is 23.2 Å². The maximum Gasteiger partial charge on any atom is 0.337 e. The Balaban J connectivity index is 3.10. The molecule has 0 bridgehead atoms. The lowest BCUT2D eigenvalue weighted by molar-refractivity contribution is -0.147. The fourth-order valence-electron chi connectivity index (χ4n) is 1.29. The van der Waals surface area contributed by atoms with Gasteiger partial charge in [-0.1, -0.05) is 23.7 Å². The van der Waals surface area contributed by atoms with E-state index in [1.807, 2.05) is 0 Å². The van der Waals surface area contributed by atoms with E-state index in [0.717, 1.165) is 0 Å². The molecule has 0 amide bonds. The summed E-state index contributed by atoms with van der Waals surface area (Å²) in [4.78, 5) is 21.7. The van der Waals surface area contributed by atoms with Crippen molar-refractivity contribution in [3.05, 3.63) is 34.3 Å². The third-order valence-electron chi connectivity index (χ3n) is 2.20. The number of carbonyl (C=O) groups is 2. The first-order valence-electron chi connectivity index (χ1n) is 4.69. The summed E-state index contributed by atoms with van der Waals surface area (Å²) in [6, 6.07) is 4.18. The minimum Gasteiger partial charge on any atom is -0.479 e. The topological polar surface area (TPSA) is 74.6 Å². The summed E-state index contributed by atoms with van der Waals surface area (Å²) in [7, 11) is 0. The van der Waals surface area contributed by atoms with Crippen LogP contribution in [0.15, 0.2) is 18.2 Å². The number of carboxylic acid groups (broad SMARTS) is 1. The Morgan fingerprint density at radius 2 is 1.94 bits per heavy atom. The minimum absolute atomic E-state index is 0.0595. The van der Waals surface area contributed by atoms with E-state index in [4.69, 9.17) is 28.3 Å². The van der Waals surface area contributed by atoms with Gasteiger partial charge in [0.15, 0.2) is 11.9 Å². The average Bonchev–Trinajstić information content (AvgIpc) is 2.26. The molecule has 17 heavy (non-hydrogen) atoms. The normalized spacial score (nSPS) is 14.1. The molecule has 0 heterocycles. The first-order valence-corrected chi connectivity index (χ1v) is 5.50. The van der Waals surface area contributed by atoms with Crippen molar-refractivity contribution in [1.29, 1.82) is 0 Å². The van der Waals surface area contributed by atoms with Gasteiger partial charge in [-0.15, -0.1) is 11.6 Å². The maximum absolute atomic E-state index is 11.1. The van der Waals surface area contributed by atoms with E-state index in [0.29, 0.717) is 5.56 Å². The highest BCUT2D eigenvalue weighted by Crippen LogP contribution is 2.29. The van der Waals surface area contributed by atoms with E-state index in [2.05, 4.69) is 0 Å². The smallest absolute Gasteiger partial charge is 0.337 e. The molecule has 2 N–H and O–H groups in total. The molecule has 0 saturated carbocycles. The van der Waals surface area contributed by atoms with Gasteiger partial charge in [0.2, 0.25) is 0 Å². The summed E-state index contributed by atoms with van der Waals surface area (Å²) in [5, 5.41) is 17.2. The molecule has 0 saturated heterocycles. The molecule has 4 nitrogen and oxygen atoms in total. The monoisotopic (exact) mass is 276 g/mol. The zero-order valence-corrected chi connectivity index (χ0v) is 10.4. The van der Waals surface area contributed by atoms with Gasteiger partial charge in [0.1, 0.15) is 5.38 Å².